The van der Waals surface area contributed by atoms with Crippen molar-refractivity contribution in [3.63, 3.8) is 0 Å². The van der Waals surface area contributed by atoms with Gasteiger partial charge in [0.1, 0.15) is 12.1 Å². The number of likely N-dealkylation sites (tertiary alicyclic amines) is 1. The Bertz CT molecular complexity index is 1120. The first kappa shape index (κ1) is 35.0. The molecule has 44 heavy (non-hydrogen) atoms. The van der Waals surface area contributed by atoms with Crippen LogP contribution in [0.3, 0.4) is 0 Å². The number of carbonyl (C=O) groups is 6. The second kappa shape index (κ2) is 14.6. The number of ketones is 1. The fourth-order valence-corrected chi connectivity index (χ4v) is 6.86. The first-order valence-electron chi connectivity index (χ1n) is 15.9. The van der Waals surface area contributed by atoms with Crippen LogP contribution in [0.5, 0.6) is 0 Å². The molecule has 5 N–H and O–H groups in total. The summed E-state index contributed by atoms with van der Waals surface area (Å²) in [5, 5.41) is 19.8. The van der Waals surface area contributed by atoms with Crippen molar-refractivity contribution in [1.82, 2.24) is 26.2 Å². The molecule has 2 saturated carbocycles. The van der Waals surface area contributed by atoms with E-state index in [1.807, 2.05) is 20.8 Å². The molecular formula is C32H51N5O7. The van der Waals surface area contributed by atoms with E-state index in [-0.39, 0.29) is 54.9 Å². The Balaban J connectivity index is 1.80. The zero-order chi connectivity index (χ0) is 32.8. The zero-order valence-corrected chi connectivity index (χ0v) is 26.9. The molecule has 3 fully saturated rings. The molecule has 5 atom stereocenters. The van der Waals surface area contributed by atoms with E-state index in [4.69, 9.17) is 5.11 Å². The Morgan fingerprint density at radius 2 is 1.70 bits per heavy atom. The highest BCUT2D eigenvalue weighted by Gasteiger charge is 2.69. The molecule has 0 aromatic heterocycles. The number of amides is 5. The van der Waals surface area contributed by atoms with Crippen LogP contribution in [-0.2, 0) is 24.0 Å². The summed E-state index contributed by atoms with van der Waals surface area (Å²) in [5.74, 6) is -3.62. The van der Waals surface area contributed by atoms with E-state index in [1.165, 1.54) is 0 Å². The van der Waals surface area contributed by atoms with Crippen molar-refractivity contribution in [3.8, 4) is 0 Å². The van der Waals surface area contributed by atoms with E-state index in [0.717, 1.165) is 32.1 Å². The lowest BCUT2D eigenvalue weighted by molar-refractivity contribution is -0.144. The van der Waals surface area contributed by atoms with Crippen molar-refractivity contribution in [1.29, 1.82) is 0 Å². The van der Waals surface area contributed by atoms with Crippen LogP contribution in [0.15, 0.2) is 12.7 Å². The Morgan fingerprint density at radius 1 is 1.05 bits per heavy atom. The SMILES string of the molecule is C=CCCC(NC(=O)[C@@H]1[C@@H]2[C@H](CN1C(=O)[C@@H](NC(=O)NC(C)(C)C)C1CCCCC1)C2(C)C)C(=O)C(=O)NCCCC(=O)O. The number of carbonyl (C=O) groups excluding carboxylic acids is 5. The lowest BCUT2D eigenvalue weighted by atomic mass is 9.83. The van der Waals surface area contributed by atoms with Crippen LogP contribution in [0, 0.1) is 23.2 Å². The van der Waals surface area contributed by atoms with Gasteiger partial charge in [-0.15, -0.1) is 6.58 Å². The molecule has 3 aliphatic rings. The summed E-state index contributed by atoms with van der Waals surface area (Å²) in [6, 6.07) is -3.21. The molecule has 0 aromatic rings. The zero-order valence-electron chi connectivity index (χ0n) is 26.9. The third-order valence-corrected chi connectivity index (χ3v) is 9.29. The summed E-state index contributed by atoms with van der Waals surface area (Å²) in [7, 11) is 0. The molecule has 0 spiro atoms. The monoisotopic (exact) mass is 617 g/mol. The van der Waals surface area contributed by atoms with Gasteiger partial charge in [-0.25, -0.2) is 4.79 Å². The van der Waals surface area contributed by atoms with Crippen LogP contribution < -0.4 is 21.3 Å². The van der Waals surface area contributed by atoms with Gasteiger partial charge in [0.05, 0.1) is 6.04 Å². The third kappa shape index (κ3) is 8.81. The summed E-state index contributed by atoms with van der Waals surface area (Å²) < 4.78 is 0. The molecule has 1 heterocycles. The number of carboxylic acids is 1. The first-order chi connectivity index (χ1) is 20.6. The highest BCUT2D eigenvalue weighted by molar-refractivity contribution is 6.38. The number of hydrogen-bond donors (Lipinski definition) is 5. The maximum atomic E-state index is 14.2. The van der Waals surface area contributed by atoms with Crippen LogP contribution in [0.4, 0.5) is 4.79 Å². The second-order valence-corrected chi connectivity index (χ2v) is 14.2. The van der Waals surface area contributed by atoms with Gasteiger partial charge in [0, 0.05) is 25.0 Å². The van der Waals surface area contributed by atoms with Crippen molar-refractivity contribution in [2.24, 2.45) is 23.2 Å². The Labute approximate surface area is 260 Å². The van der Waals surface area contributed by atoms with Gasteiger partial charge in [0.2, 0.25) is 17.6 Å². The van der Waals surface area contributed by atoms with Gasteiger partial charge < -0.3 is 31.3 Å². The molecule has 5 amide bonds. The largest absolute Gasteiger partial charge is 0.481 e. The number of hydrogen-bond acceptors (Lipinski definition) is 6. The molecule has 1 saturated heterocycles. The minimum atomic E-state index is -1.14. The predicted molar refractivity (Wildman–Crippen MR) is 164 cm³/mol. The molecule has 246 valence electrons. The van der Waals surface area contributed by atoms with Gasteiger partial charge in [-0.1, -0.05) is 39.2 Å². The summed E-state index contributed by atoms with van der Waals surface area (Å²) in [5.41, 5.74) is -0.681. The van der Waals surface area contributed by atoms with Gasteiger partial charge in [0.25, 0.3) is 5.91 Å². The standard InChI is InChI=1S/C32H51N5O7/c1-7-8-15-21(26(40)28(42)33-17-12-16-22(38)39)34-27(41)25-23-20(32(23,5)6)18-37(25)29(43)24(19-13-10-9-11-14-19)35-30(44)36-31(2,3)4/h7,19-21,23-25H,1,8-18H2,2-6H3,(H,33,42)(H,34,41)(H,38,39)(H2,35,36,44)/t20-,21?,23-,24-,25-/m0/s1. The predicted octanol–water partition coefficient (Wildman–Crippen LogP) is 2.52. The van der Waals surface area contributed by atoms with Crippen LogP contribution >= 0.6 is 0 Å². The number of nitrogens with zero attached hydrogens (tertiary/aromatic N) is 1. The number of fused-ring (bicyclic) bond motifs is 1. The summed E-state index contributed by atoms with van der Waals surface area (Å²) >= 11 is 0. The average Bonchev–Trinajstić information content (AvgIpc) is 3.27. The number of carboxylic acid groups (broad SMARTS) is 1. The van der Waals surface area contributed by atoms with Crippen molar-refractivity contribution in [3.05, 3.63) is 12.7 Å². The molecule has 1 aliphatic heterocycles. The molecule has 2 aliphatic carbocycles. The van der Waals surface area contributed by atoms with E-state index >= 15 is 0 Å². The number of urea groups is 1. The molecule has 12 nitrogen and oxygen atoms in total. The highest BCUT2D eigenvalue weighted by atomic mass is 16.4. The second-order valence-electron chi connectivity index (χ2n) is 14.2. The van der Waals surface area contributed by atoms with Crippen molar-refractivity contribution < 1.29 is 33.9 Å². The number of aliphatic carboxylic acids is 1. The third-order valence-electron chi connectivity index (χ3n) is 9.29. The Hall–Kier alpha value is -3.44. The van der Waals surface area contributed by atoms with Crippen LogP contribution in [0.2, 0.25) is 0 Å². The molecule has 1 unspecified atom stereocenters. The molecule has 0 radical (unpaired) electrons. The summed E-state index contributed by atoms with van der Waals surface area (Å²) in [6.45, 7) is 13.8. The van der Waals surface area contributed by atoms with E-state index in [0.29, 0.717) is 13.0 Å². The van der Waals surface area contributed by atoms with Crippen molar-refractivity contribution in [2.75, 3.05) is 13.1 Å². The molecule has 0 aromatic carbocycles. The molecule has 0 bridgehead atoms. The van der Waals surface area contributed by atoms with E-state index in [9.17, 15) is 28.8 Å². The maximum Gasteiger partial charge on any atom is 0.315 e. The number of allylic oxidation sites excluding steroid dienone is 1. The normalized spacial score (nSPS) is 23.8. The number of Topliss-reactive ketones (excluding diaryl/α,β-unsaturated/α-hetero) is 1. The fraction of sp³-hybridized carbons (Fsp3) is 0.750. The highest BCUT2D eigenvalue weighted by Crippen LogP contribution is 2.65. The lowest BCUT2D eigenvalue weighted by Gasteiger charge is -2.37. The van der Waals surface area contributed by atoms with E-state index in [2.05, 4.69) is 41.7 Å². The maximum absolute atomic E-state index is 14.2. The van der Waals surface area contributed by atoms with E-state index in [1.54, 1.807) is 11.0 Å². The van der Waals surface area contributed by atoms with Gasteiger partial charge in [0.15, 0.2) is 0 Å². The van der Waals surface area contributed by atoms with Crippen LogP contribution in [0.25, 0.3) is 0 Å². The number of rotatable bonds is 14. The molecule has 3 rings (SSSR count). The van der Waals surface area contributed by atoms with Gasteiger partial charge >= 0.3 is 12.0 Å². The molecule has 12 heteroatoms. The quantitative estimate of drug-likeness (QED) is 0.113. The van der Waals surface area contributed by atoms with Crippen LogP contribution in [-0.4, -0.2) is 82.3 Å². The van der Waals surface area contributed by atoms with Crippen molar-refractivity contribution in [2.45, 2.75) is 116 Å². The van der Waals surface area contributed by atoms with Gasteiger partial charge in [-0.2, -0.15) is 0 Å². The Kier molecular flexibility index (Phi) is 11.6. The number of piperidine rings is 1. The van der Waals surface area contributed by atoms with E-state index < -0.39 is 53.3 Å². The van der Waals surface area contributed by atoms with Crippen LogP contribution in [0.1, 0.15) is 92.4 Å². The minimum Gasteiger partial charge on any atom is -0.481 e. The summed E-state index contributed by atoms with van der Waals surface area (Å²) in [6.07, 6.45) is 6.72. The summed E-state index contributed by atoms with van der Waals surface area (Å²) in [4.78, 5) is 79.2. The first-order valence-corrected chi connectivity index (χ1v) is 15.9. The van der Waals surface area contributed by atoms with Crippen molar-refractivity contribution >= 4 is 35.5 Å². The lowest BCUT2D eigenvalue weighted by Crippen LogP contribution is -2.61. The average molecular weight is 618 g/mol. The smallest absolute Gasteiger partial charge is 0.315 e. The number of nitrogens with one attached hydrogen (secondary N) is 4. The Morgan fingerprint density at radius 3 is 2.30 bits per heavy atom. The van der Waals surface area contributed by atoms with Gasteiger partial charge in [-0.3, -0.25) is 24.0 Å². The van der Waals surface area contributed by atoms with Gasteiger partial charge in [-0.05, 0) is 76.0 Å². The minimum absolute atomic E-state index is 0.0141. The molecular weight excluding hydrogens is 566 g/mol. The topological polar surface area (TPSA) is 174 Å². The fourth-order valence-electron chi connectivity index (χ4n) is 6.86.